The summed E-state index contributed by atoms with van der Waals surface area (Å²) in [5.74, 6) is -0.563. The van der Waals surface area contributed by atoms with E-state index < -0.39 is 17.8 Å². The minimum atomic E-state index is -0.631. The fourth-order valence-corrected chi connectivity index (χ4v) is 4.11. The summed E-state index contributed by atoms with van der Waals surface area (Å²) in [7, 11) is 1.67. The molecule has 0 saturated heterocycles. The summed E-state index contributed by atoms with van der Waals surface area (Å²) in [6.07, 6.45) is 2.80. The maximum Gasteiger partial charge on any atom is 0.254 e. The van der Waals surface area contributed by atoms with E-state index in [1.165, 1.54) is 18.2 Å². The van der Waals surface area contributed by atoms with Crippen LogP contribution in [0.3, 0.4) is 0 Å². The Hall–Kier alpha value is -3.29. The van der Waals surface area contributed by atoms with E-state index in [0.717, 1.165) is 12.8 Å². The van der Waals surface area contributed by atoms with Crippen LogP contribution in [0.25, 0.3) is 0 Å². The number of benzene rings is 1. The van der Waals surface area contributed by atoms with E-state index in [1.54, 1.807) is 38.1 Å². The summed E-state index contributed by atoms with van der Waals surface area (Å²) in [5.41, 5.74) is 8.67. The molecule has 2 unspecified atom stereocenters. The van der Waals surface area contributed by atoms with Gasteiger partial charge in [-0.1, -0.05) is 0 Å². The third-order valence-corrected chi connectivity index (χ3v) is 5.86. The second kappa shape index (κ2) is 8.09. The van der Waals surface area contributed by atoms with E-state index in [1.807, 2.05) is 0 Å². The number of hydrogen-bond donors (Lipinski definition) is 2. The molecule has 1 aromatic heterocycles. The number of hydrogen-bond acceptors (Lipinski definition) is 6. The van der Waals surface area contributed by atoms with Crippen LogP contribution in [0.1, 0.15) is 60.2 Å². The van der Waals surface area contributed by atoms with Crippen LogP contribution in [-0.4, -0.2) is 46.8 Å². The minimum Gasteiger partial charge on any atom is -0.482 e. The zero-order valence-electron chi connectivity index (χ0n) is 17.9. The number of carbonyl (C=O) groups is 1. The fourth-order valence-electron chi connectivity index (χ4n) is 4.11. The molecule has 162 valence electrons. The molecular formula is C23H26FN5O2. The number of ether oxygens (including phenoxy) is 1. The molecule has 2 bridgehead atoms. The molecule has 2 heterocycles. The second-order valence-electron chi connectivity index (χ2n) is 8.14. The third kappa shape index (κ3) is 4.02. The number of nitrogen functional groups attached to an aromatic ring is 1. The number of halogens is 1. The predicted molar refractivity (Wildman–Crippen MR) is 118 cm³/mol. The molecule has 7 nitrogen and oxygen atoms in total. The van der Waals surface area contributed by atoms with E-state index >= 15 is 0 Å². The summed E-state index contributed by atoms with van der Waals surface area (Å²) in [5, 5.41) is 8.39. The minimum absolute atomic E-state index is 0.105. The van der Waals surface area contributed by atoms with Crippen molar-refractivity contribution >= 4 is 23.1 Å². The van der Waals surface area contributed by atoms with Crippen LogP contribution in [0.5, 0.6) is 5.75 Å². The van der Waals surface area contributed by atoms with Crippen LogP contribution in [0.4, 0.5) is 10.2 Å². The molecule has 1 amide bonds. The normalized spacial score (nSPS) is 22.9. The van der Waals surface area contributed by atoms with Gasteiger partial charge >= 0.3 is 0 Å². The largest absolute Gasteiger partial charge is 0.482 e. The van der Waals surface area contributed by atoms with Gasteiger partial charge < -0.3 is 20.8 Å². The van der Waals surface area contributed by atoms with Crippen LogP contribution >= 0.6 is 0 Å². The van der Waals surface area contributed by atoms with Crippen LogP contribution in [0, 0.1) is 11.2 Å². The number of nitrogens with zero attached hydrogens (tertiary/aromatic N) is 3. The van der Waals surface area contributed by atoms with E-state index in [-0.39, 0.29) is 24.3 Å². The van der Waals surface area contributed by atoms with Crippen molar-refractivity contribution < 1.29 is 13.9 Å². The van der Waals surface area contributed by atoms with Gasteiger partial charge in [-0.3, -0.25) is 9.79 Å². The molecule has 2 aliphatic rings. The first-order valence-electron chi connectivity index (χ1n) is 10.3. The number of aromatic nitrogens is 1. The van der Waals surface area contributed by atoms with Gasteiger partial charge in [0.15, 0.2) is 11.6 Å². The molecule has 2 atom stereocenters. The number of rotatable bonds is 2. The maximum absolute atomic E-state index is 14.1. The molecule has 4 rings (SSSR count). The zero-order valence-corrected chi connectivity index (χ0v) is 17.9. The number of nitrogens with one attached hydrogen (secondary N) is 1. The molecular weight excluding hydrogens is 397 g/mol. The molecule has 0 spiro atoms. The molecule has 1 saturated carbocycles. The number of pyridine rings is 1. The number of aliphatic imine (C=N–C) groups is 1. The standard InChI is InChI=1S/C23H26FN5O2/c1-12(25)21-14-8-20(22(26)28-10-14)31-13(2)18-9-15(24)4-7-17(18)23(30)29(16-5-6-16)11-19(21)27-3/h4,7-10,13,16,21,25H,5-6,11H2,1-3H3,(H2,26,28). The lowest BCUT2D eigenvalue weighted by atomic mass is 9.90. The number of carbonyl (C=O) groups excluding carboxylic acids is 1. The molecule has 8 heteroatoms. The molecule has 0 radical (unpaired) electrons. The van der Waals surface area contributed by atoms with Crippen LogP contribution in [0.15, 0.2) is 35.5 Å². The van der Waals surface area contributed by atoms with Gasteiger partial charge in [0.1, 0.15) is 11.9 Å². The van der Waals surface area contributed by atoms with Gasteiger partial charge in [-0.2, -0.15) is 0 Å². The van der Waals surface area contributed by atoms with E-state index in [2.05, 4.69) is 9.98 Å². The van der Waals surface area contributed by atoms with E-state index in [4.69, 9.17) is 15.9 Å². The topological polar surface area (TPSA) is 105 Å². The van der Waals surface area contributed by atoms with Gasteiger partial charge in [0.05, 0.1) is 12.5 Å². The van der Waals surface area contributed by atoms with Gasteiger partial charge in [-0.15, -0.1) is 0 Å². The Balaban J connectivity index is 1.92. The van der Waals surface area contributed by atoms with Gasteiger partial charge in [0.25, 0.3) is 5.91 Å². The highest BCUT2D eigenvalue weighted by atomic mass is 19.1. The van der Waals surface area contributed by atoms with Crippen LogP contribution in [-0.2, 0) is 0 Å². The number of fused-ring (bicyclic) bond motifs is 3. The Morgan fingerprint density at radius 3 is 2.74 bits per heavy atom. The molecule has 2 aromatic rings. The molecule has 1 aliphatic heterocycles. The Morgan fingerprint density at radius 1 is 1.35 bits per heavy atom. The van der Waals surface area contributed by atoms with Crippen LogP contribution < -0.4 is 10.5 Å². The van der Waals surface area contributed by atoms with Crippen molar-refractivity contribution in [1.82, 2.24) is 9.88 Å². The van der Waals surface area contributed by atoms with Crippen molar-refractivity contribution in [3.63, 3.8) is 0 Å². The Morgan fingerprint density at radius 2 is 2.10 bits per heavy atom. The van der Waals surface area contributed by atoms with Gasteiger partial charge in [0.2, 0.25) is 0 Å². The molecule has 1 fully saturated rings. The lowest BCUT2D eigenvalue weighted by molar-refractivity contribution is 0.0762. The van der Waals surface area contributed by atoms with Crippen molar-refractivity contribution in [1.29, 1.82) is 5.41 Å². The molecule has 31 heavy (non-hydrogen) atoms. The average molecular weight is 423 g/mol. The number of nitrogens with two attached hydrogens (primary N) is 1. The SMILES string of the molecule is CN=C1CN(C2CC2)C(=O)c2ccc(F)cc2C(C)Oc2cc(cnc2N)C1C(C)=N. The quantitative estimate of drug-likeness (QED) is 0.718. The highest BCUT2D eigenvalue weighted by molar-refractivity contribution is 6.12. The lowest BCUT2D eigenvalue weighted by Gasteiger charge is -2.30. The van der Waals surface area contributed by atoms with E-state index in [9.17, 15) is 9.18 Å². The van der Waals surface area contributed by atoms with Crippen molar-refractivity contribution in [3.8, 4) is 5.75 Å². The van der Waals surface area contributed by atoms with Gasteiger partial charge in [-0.25, -0.2) is 9.37 Å². The van der Waals surface area contributed by atoms with Crippen molar-refractivity contribution in [2.75, 3.05) is 19.3 Å². The van der Waals surface area contributed by atoms with E-state index in [0.29, 0.717) is 33.9 Å². The Labute approximate surface area is 180 Å². The monoisotopic (exact) mass is 423 g/mol. The predicted octanol–water partition coefficient (Wildman–Crippen LogP) is 3.76. The second-order valence-corrected chi connectivity index (χ2v) is 8.14. The summed E-state index contributed by atoms with van der Waals surface area (Å²) in [6, 6.07) is 6.00. The summed E-state index contributed by atoms with van der Waals surface area (Å²) < 4.78 is 20.2. The van der Waals surface area contributed by atoms with Crippen molar-refractivity contribution in [2.24, 2.45) is 4.99 Å². The smallest absolute Gasteiger partial charge is 0.254 e. The van der Waals surface area contributed by atoms with Crippen molar-refractivity contribution in [2.45, 2.75) is 44.8 Å². The highest BCUT2D eigenvalue weighted by Crippen LogP contribution is 2.35. The molecule has 3 N–H and O–H groups in total. The Kier molecular flexibility index (Phi) is 5.47. The number of anilines is 1. The first-order valence-corrected chi connectivity index (χ1v) is 10.3. The van der Waals surface area contributed by atoms with Crippen LogP contribution in [0.2, 0.25) is 0 Å². The fraction of sp³-hybridized carbons (Fsp3) is 0.391. The average Bonchev–Trinajstić information content (AvgIpc) is 3.56. The summed E-state index contributed by atoms with van der Waals surface area (Å²) >= 11 is 0. The number of amides is 1. The van der Waals surface area contributed by atoms with Gasteiger partial charge in [0, 0.05) is 41.8 Å². The summed E-state index contributed by atoms with van der Waals surface area (Å²) in [4.78, 5) is 24.1. The first kappa shape index (κ1) is 21.0. The third-order valence-electron chi connectivity index (χ3n) is 5.86. The Bertz CT molecular complexity index is 1080. The van der Waals surface area contributed by atoms with Gasteiger partial charge in [-0.05, 0) is 56.5 Å². The zero-order chi connectivity index (χ0) is 22.3. The molecule has 1 aromatic carbocycles. The maximum atomic E-state index is 14.1. The lowest BCUT2D eigenvalue weighted by Crippen LogP contribution is -2.41. The van der Waals surface area contributed by atoms with Crippen molar-refractivity contribution in [3.05, 3.63) is 53.0 Å². The first-order chi connectivity index (χ1) is 14.8. The molecule has 1 aliphatic carbocycles. The highest BCUT2D eigenvalue weighted by Gasteiger charge is 2.37. The summed E-state index contributed by atoms with van der Waals surface area (Å²) in [6.45, 7) is 3.75.